The third kappa shape index (κ3) is 2.73. The van der Waals surface area contributed by atoms with Crippen molar-refractivity contribution in [3.05, 3.63) is 47.2 Å². The van der Waals surface area contributed by atoms with Gasteiger partial charge < -0.3 is 0 Å². The molecule has 3 rings (SSSR count). The Morgan fingerprint density at radius 1 is 1.10 bits per heavy atom. The molecule has 0 fully saturated rings. The zero-order valence-corrected chi connectivity index (χ0v) is 12.1. The van der Waals surface area contributed by atoms with Crippen molar-refractivity contribution in [1.82, 2.24) is 20.0 Å². The van der Waals surface area contributed by atoms with Gasteiger partial charge in [-0.2, -0.15) is 0 Å². The van der Waals surface area contributed by atoms with Crippen LogP contribution >= 0.6 is 11.6 Å². The van der Waals surface area contributed by atoms with Gasteiger partial charge in [0.05, 0.1) is 5.02 Å². The zero-order valence-electron chi connectivity index (χ0n) is 10.5. The molecule has 0 bridgehead atoms. The van der Waals surface area contributed by atoms with E-state index in [-0.39, 0.29) is 27.5 Å². The third-order valence-corrected chi connectivity index (χ3v) is 4.57. The van der Waals surface area contributed by atoms with E-state index in [4.69, 9.17) is 11.6 Å². The lowest BCUT2D eigenvalue weighted by atomic mass is 10.3. The summed E-state index contributed by atoms with van der Waals surface area (Å²) in [5.74, 6) is 0. The Kier molecular flexibility index (Phi) is 3.58. The minimum Gasteiger partial charge on any atom is -0.265 e. The zero-order chi connectivity index (χ0) is 14.9. The van der Waals surface area contributed by atoms with Crippen molar-refractivity contribution in [2.75, 3.05) is 0 Å². The monoisotopic (exact) mass is 324 g/mol. The smallest absolute Gasteiger partial charge is 0.243 e. The molecule has 1 aromatic carbocycles. The molecule has 0 amide bonds. The molecule has 0 saturated carbocycles. The second-order valence-electron chi connectivity index (χ2n) is 4.19. The molecule has 0 radical (unpaired) electrons. The highest BCUT2D eigenvalue weighted by molar-refractivity contribution is 7.89. The molecule has 7 nitrogen and oxygen atoms in total. The van der Waals surface area contributed by atoms with Gasteiger partial charge in [0.25, 0.3) is 0 Å². The van der Waals surface area contributed by atoms with E-state index in [9.17, 15) is 8.42 Å². The molecule has 0 aliphatic rings. The van der Waals surface area contributed by atoms with Gasteiger partial charge in [-0.1, -0.05) is 11.6 Å². The second-order valence-corrected chi connectivity index (χ2v) is 6.33. The van der Waals surface area contributed by atoms with Crippen LogP contribution in [0.5, 0.6) is 0 Å². The number of nitrogens with zero attached hydrogens (tertiary/aromatic N) is 3. The molecule has 0 aliphatic heterocycles. The average Bonchev–Trinajstić information content (AvgIpc) is 2.97. The maximum Gasteiger partial charge on any atom is 0.243 e. The van der Waals surface area contributed by atoms with E-state index in [1.807, 2.05) is 0 Å². The quantitative estimate of drug-likeness (QED) is 0.785. The van der Waals surface area contributed by atoms with Crippen LogP contribution in [0.3, 0.4) is 0 Å². The van der Waals surface area contributed by atoms with Crippen molar-refractivity contribution >= 4 is 32.7 Å². The van der Waals surface area contributed by atoms with Crippen LogP contribution in [-0.4, -0.2) is 23.7 Å². The fourth-order valence-electron chi connectivity index (χ4n) is 1.79. The Morgan fingerprint density at radius 2 is 1.81 bits per heavy atom. The maximum atomic E-state index is 12.3. The highest BCUT2D eigenvalue weighted by Gasteiger charge is 2.21. The molecular formula is C12H9ClN4O3S. The Hall–Kier alpha value is -2.03. The van der Waals surface area contributed by atoms with Gasteiger partial charge in [0.2, 0.25) is 10.0 Å². The van der Waals surface area contributed by atoms with E-state index in [0.29, 0.717) is 0 Å². The number of aromatic nitrogens is 3. The summed E-state index contributed by atoms with van der Waals surface area (Å²) in [6.07, 6.45) is 3.18. The van der Waals surface area contributed by atoms with Gasteiger partial charge in [-0.25, -0.2) is 17.8 Å². The molecule has 108 valence electrons. The Labute approximate surface area is 125 Å². The van der Waals surface area contributed by atoms with Crippen molar-refractivity contribution in [1.29, 1.82) is 0 Å². The lowest BCUT2D eigenvalue weighted by molar-refractivity contribution is 0.315. The number of sulfonamides is 1. The highest BCUT2D eigenvalue weighted by Crippen LogP contribution is 2.26. The number of rotatable bonds is 4. The van der Waals surface area contributed by atoms with Gasteiger partial charge in [0.15, 0.2) is 11.0 Å². The number of fused-ring (bicyclic) bond motifs is 1. The van der Waals surface area contributed by atoms with Gasteiger partial charge in [-0.15, -0.1) is 0 Å². The highest BCUT2D eigenvalue weighted by atomic mass is 35.5. The standard InChI is InChI=1S/C12H9ClN4O3S/c13-9-1-2-10(12-11(9)16-20-17-12)21(18,19)15-7-8-3-5-14-6-4-8/h1-6,15H,7H2. The van der Waals surface area contributed by atoms with Gasteiger partial charge in [0, 0.05) is 18.9 Å². The molecule has 0 aliphatic carbocycles. The second kappa shape index (κ2) is 5.40. The van der Waals surface area contributed by atoms with Gasteiger partial charge in [0.1, 0.15) is 4.90 Å². The van der Waals surface area contributed by atoms with Crippen molar-refractivity contribution in [2.24, 2.45) is 0 Å². The molecule has 21 heavy (non-hydrogen) atoms. The van der Waals surface area contributed by atoms with Crippen LogP contribution in [0, 0.1) is 0 Å². The lowest BCUT2D eigenvalue weighted by Gasteiger charge is -2.07. The molecule has 0 spiro atoms. The summed E-state index contributed by atoms with van der Waals surface area (Å²) in [6, 6.07) is 6.24. The number of halogens is 1. The topological polar surface area (TPSA) is 98.0 Å². The van der Waals surface area contributed by atoms with Crippen molar-refractivity contribution < 1.29 is 13.0 Å². The number of hydrogen-bond donors (Lipinski definition) is 1. The number of benzene rings is 1. The normalized spacial score (nSPS) is 11.9. The van der Waals surface area contributed by atoms with E-state index < -0.39 is 10.0 Å². The van der Waals surface area contributed by atoms with E-state index in [1.165, 1.54) is 12.1 Å². The molecule has 0 atom stereocenters. The van der Waals surface area contributed by atoms with Crippen molar-refractivity contribution in [3.8, 4) is 0 Å². The van der Waals surface area contributed by atoms with Crippen LogP contribution in [0.25, 0.3) is 11.0 Å². The van der Waals surface area contributed by atoms with E-state index in [0.717, 1.165) is 5.56 Å². The van der Waals surface area contributed by atoms with Gasteiger partial charge >= 0.3 is 0 Å². The van der Waals surface area contributed by atoms with Crippen LogP contribution in [-0.2, 0) is 16.6 Å². The summed E-state index contributed by atoms with van der Waals surface area (Å²) in [5, 5.41) is 7.47. The van der Waals surface area contributed by atoms with Crippen LogP contribution in [0.1, 0.15) is 5.56 Å². The average molecular weight is 325 g/mol. The molecule has 2 aromatic heterocycles. The Morgan fingerprint density at radius 3 is 2.57 bits per heavy atom. The van der Waals surface area contributed by atoms with Crippen LogP contribution in [0.4, 0.5) is 0 Å². The first-order valence-electron chi connectivity index (χ1n) is 5.87. The van der Waals surface area contributed by atoms with Gasteiger partial charge in [-0.3, -0.25) is 4.98 Å². The van der Waals surface area contributed by atoms with Crippen LogP contribution < -0.4 is 4.72 Å². The molecule has 0 saturated heterocycles. The fourth-order valence-corrected chi connectivity index (χ4v) is 3.12. The van der Waals surface area contributed by atoms with Crippen molar-refractivity contribution in [2.45, 2.75) is 11.4 Å². The van der Waals surface area contributed by atoms with E-state index in [1.54, 1.807) is 24.5 Å². The number of nitrogens with one attached hydrogen (secondary N) is 1. The van der Waals surface area contributed by atoms with E-state index >= 15 is 0 Å². The van der Waals surface area contributed by atoms with E-state index in [2.05, 4.69) is 24.6 Å². The Balaban J connectivity index is 1.94. The summed E-state index contributed by atoms with van der Waals surface area (Å²) in [4.78, 5) is 3.84. The maximum absolute atomic E-state index is 12.3. The van der Waals surface area contributed by atoms with Gasteiger partial charge in [-0.05, 0) is 40.1 Å². The fraction of sp³-hybridized carbons (Fsp3) is 0.0833. The predicted octanol–water partition coefficient (Wildman–Crippen LogP) is 1.75. The van der Waals surface area contributed by atoms with Crippen LogP contribution in [0.2, 0.25) is 5.02 Å². The number of pyridine rings is 1. The first-order chi connectivity index (χ1) is 10.1. The summed E-state index contributed by atoms with van der Waals surface area (Å²) in [6.45, 7) is 0.139. The van der Waals surface area contributed by atoms with Crippen LogP contribution in [0.15, 0.2) is 46.2 Å². The largest absolute Gasteiger partial charge is 0.265 e. The molecule has 3 aromatic rings. The molecular weight excluding hydrogens is 316 g/mol. The third-order valence-electron chi connectivity index (χ3n) is 2.83. The molecule has 2 heterocycles. The molecule has 1 N–H and O–H groups in total. The predicted molar refractivity (Wildman–Crippen MR) is 75.1 cm³/mol. The number of hydrogen-bond acceptors (Lipinski definition) is 6. The molecule has 9 heteroatoms. The minimum absolute atomic E-state index is 0.0304. The molecule has 0 unspecified atom stereocenters. The minimum atomic E-state index is -3.76. The summed E-state index contributed by atoms with van der Waals surface area (Å²) >= 11 is 5.91. The lowest BCUT2D eigenvalue weighted by Crippen LogP contribution is -2.23. The first kappa shape index (κ1) is 13.9. The Bertz CT molecular complexity index is 880. The summed E-state index contributed by atoms with van der Waals surface area (Å²) < 4.78 is 31.7. The summed E-state index contributed by atoms with van der Waals surface area (Å²) in [5.41, 5.74) is 1.10. The van der Waals surface area contributed by atoms with Crippen molar-refractivity contribution in [3.63, 3.8) is 0 Å². The SMILES string of the molecule is O=S(=O)(NCc1ccncc1)c1ccc(Cl)c2nonc12. The first-order valence-corrected chi connectivity index (χ1v) is 7.73. The summed E-state index contributed by atoms with van der Waals surface area (Å²) in [7, 11) is -3.76.